The third kappa shape index (κ3) is 6.46. The molecule has 0 radical (unpaired) electrons. The highest BCUT2D eigenvalue weighted by molar-refractivity contribution is 6.12. The van der Waals surface area contributed by atoms with E-state index in [2.05, 4.69) is 217 Å². The molecule has 1 nitrogen and oxygen atoms in total. The predicted molar refractivity (Wildman–Crippen MR) is 253 cm³/mol. The summed E-state index contributed by atoms with van der Waals surface area (Å²) in [7, 11) is 0. The van der Waals surface area contributed by atoms with E-state index in [1.165, 1.54) is 99.3 Å². The van der Waals surface area contributed by atoms with Crippen molar-refractivity contribution in [2.24, 2.45) is 0 Å². The molecule has 9 aromatic carbocycles. The van der Waals surface area contributed by atoms with E-state index in [4.69, 9.17) is 0 Å². The summed E-state index contributed by atoms with van der Waals surface area (Å²) in [6.45, 7) is 0. The lowest BCUT2D eigenvalue weighted by Crippen LogP contribution is -2.18. The molecule has 0 spiro atoms. The molecule has 59 heavy (non-hydrogen) atoms. The van der Waals surface area contributed by atoms with Crippen LogP contribution in [0.25, 0.3) is 77.3 Å². The van der Waals surface area contributed by atoms with Crippen LogP contribution in [0.4, 0.5) is 11.4 Å². The van der Waals surface area contributed by atoms with Crippen LogP contribution in [0, 0.1) is 0 Å². The number of allylic oxidation sites excluding steroid dienone is 5. The number of rotatable bonds is 7. The Balaban J connectivity index is 1.05. The average Bonchev–Trinajstić information content (AvgIpc) is 3.32. The second-order valence-electron chi connectivity index (χ2n) is 15.9. The van der Waals surface area contributed by atoms with E-state index in [0.29, 0.717) is 0 Å². The van der Waals surface area contributed by atoms with Gasteiger partial charge in [-0.25, -0.2) is 0 Å². The maximum absolute atomic E-state index is 2.51. The molecule has 0 fully saturated rings. The van der Waals surface area contributed by atoms with Crippen molar-refractivity contribution in [1.82, 2.24) is 0 Å². The first-order valence-corrected chi connectivity index (χ1v) is 20.9. The number of aryl methyl sites for hydroxylation is 1. The summed E-state index contributed by atoms with van der Waals surface area (Å²) in [5.41, 5.74) is 16.4. The lowest BCUT2D eigenvalue weighted by Gasteiger charge is -2.31. The minimum absolute atomic E-state index is 0.939. The maximum Gasteiger partial charge on any atom is 0.0464 e. The zero-order valence-corrected chi connectivity index (χ0v) is 33.0. The first kappa shape index (κ1) is 35.0. The minimum atomic E-state index is 0.939. The van der Waals surface area contributed by atoms with Crippen LogP contribution < -0.4 is 4.90 Å². The van der Waals surface area contributed by atoms with Crippen LogP contribution >= 0.6 is 0 Å². The molecule has 2 aliphatic carbocycles. The molecule has 0 N–H and O–H groups in total. The highest BCUT2D eigenvalue weighted by atomic mass is 15.1. The molecule has 0 aromatic heterocycles. The lowest BCUT2D eigenvalue weighted by atomic mass is 9.87. The molecule has 0 atom stereocenters. The van der Waals surface area contributed by atoms with Crippen LogP contribution in [0.2, 0.25) is 0 Å². The van der Waals surface area contributed by atoms with E-state index < -0.39 is 0 Å². The van der Waals surface area contributed by atoms with Gasteiger partial charge in [-0.2, -0.15) is 0 Å². The van der Waals surface area contributed by atoms with Gasteiger partial charge in [0.2, 0.25) is 0 Å². The lowest BCUT2D eigenvalue weighted by molar-refractivity contribution is 0.921. The standard InChI is InChI=1S/C58H43N/c1-2-15-40(16-3-1)42-19-12-20-43(35-42)41-31-33-48(34-32-41)59(49-23-13-21-44(36-49)57-38-46-17-4-6-25-51(46)53-27-8-10-29-55(53)57)50-24-14-22-45(37-50)58-39-47-18-5-7-26-52(47)54-28-9-11-30-56(54)58/h1-4,6-12,14-17,19-22,24-39H,5,13,18,23H2. The molecule has 9 aromatic rings. The molecular weight excluding hydrogens is 711 g/mol. The Kier molecular flexibility index (Phi) is 8.86. The first-order chi connectivity index (χ1) is 29.2. The Morgan fingerprint density at radius 1 is 0.390 bits per heavy atom. The summed E-state index contributed by atoms with van der Waals surface area (Å²) >= 11 is 0. The number of hydrogen-bond acceptors (Lipinski definition) is 1. The zero-order chi connectivity index (χ0) is 39.1. The SMILES string of the molecule is C1=Cc2c(cc(-c3cccc(N(C4=CC(c5cc6ccccc6c6ccccc56)=CCC4)c4ccc(-c5cccc(-c6ccccc6)c5)cc4)c3)c3ccccc23)CC1. The van der Waals surface area contributed by atoms with Crippen LogP contribution in [0.3, 0.4) is 0 Å². The van der Waals surface area contributed by atoms with Gasteiger partial charge in [-0.1, -0.05) is 164 Å². The van der Waals surface area contributed by atoms with E-state index in [1.807, 2.05) is 0 Å². The van der Waals surface area contributed by atoms with Crippen molar-refractivity contribution >= 4 is 55.3 Å². The van der Waals surface area contributed by atoms with Crippen LogP contribution in [0.15, 0.2) is 212 Å². The second kappa shape index (κ2) is 14.9. The monoisotopic (exact) mass is 753 g/mol. The molecule has 0 bridgehead atoms. The van der Waals surface area contributed by atoms with E-state index in [-0.39, 0.29) is 0 Å². The fourth-order valence-corrected chi connectivity index (χ4v) is 9.49. The number of fused-ring (bicyclic) bond motifs is 6. The highest BCUT2D eigenvalue weighted by Crippen LogP contribution is 2.42. The topological polar surface area (TPSA) is 3.24 Å². The normalized spacial score (nSPS) is 13.6. The molecule has 0 unspecified atom stereocenters. The minimum Gasteiger partial charge on any atom is -0.314 e. The van der Waals surface area contributed by atoms with E-state index in [9.17, 15) is 0 Å². The Hall–Kier alpha value is -7.22. The molecular formula is C58H43N. The van der Waals surface area contributed by atoms with Crippen molar-refractivity contribution in [3.05, 3.63) is 229 Å². The van der Waals surface area contributed by atoms with Gasteiger partial charge >= 0.3 is 0 Å². The largest absolute Gasteiger partial charge is 0.314 e. The quantitative estimate of drug-likeness (QED) is 0.147. The number of anilines is 2. The Morgan fingerprint density at radius 2 is 1.03 bits per heavy atom. The fourth-order valence-electron chi connectivity index (χ4n) is 9.49. The number of benzene rings is 9. The van der Waals surface area contributed by atoms with Crippen molar-refractivity contribution < 1.29 is 0 Å². The van der Waals surface area contributed by atoms with Gasteiger partial charge in [-0.05, 0) is 162 Å². The Morgan fingerprint density at radius 3 is 1.85 bits per heavy atom. The van der Waals surface area contributed by atoms with Gasteiger partial charge in [0.15, 0.2) is 0 Å². The van der Waals surface area contributed by atoms with Crippen molar-refractivity contribution in [1.29, 1.82) is 0 Å². The smallest absolute Gasteiger partial charge is 0.0464 e. The second-order valence-corrected chi connectivity index (χ2v) is 15.9. The summed E-state index contributed by atoms with van der Waals surface area (Å²) in [5.74, 6) is 0. The van der Waals surface area contributed by atoms with Gasteiger partial charge in [-0.3, -0.25) is 0 Å². The van der Waals surface area contributed by atoms with Crippen LogP contribution in [0.1, 0.15) is 36.0 Å². The molecule has 0 aliphatic heterocycles. The van der Waals surface area contributed by atoms with Crippen molar-refractivity contribution in [2.75, 3.05) is 4.90 Å². The first-order valence-electron chi connectivity index (χ1n) is 20.9. The maximum atomic E-state index is 2.51. The van der Waals surface area contributed by atoms with E-state index in [0.717, 1.165) is 31.4 Å². The molecule has 280 valence electrons. The Bertz CT molecular complexity index is 3140. The van der Waals surface area contributed by atoms with Gasteiger partial charge in [0.25, 0.3) is 0 Å². The van der Waals surface area contributed by atoms with Crippen LogP contribution in [-0.2, 0) is 6.42 Å². The molecule has 11 rings (SSSR count). The molecule has 0 saturated heterocycles. The average molecular weight is 754 g/mol. The summed E-state index contributed by atoms with van der Waals surface area (Å²) in [4.78, 5) is 2.51. The molecule has 2 aliphatic rings. The summed E-state index contributed by atoms with van der Waals surface area (Å²) in [6.07, 6.45) is 13.6. The van der Waals surface area contributed by atoms with E-state index in [1.54, 1.807) is 0 Å². The molecule has 0 saturated carbocycles. The summed E-state index contributed by atoms with van der Waals surface area (Å²) < 4.78 is 0. The van der Waals surface area contributed by atoms with E-state index >= 15 is 0 Å². The third-order valence-corrected chi connectivity index (χ3v) is 12.3. The van der Waals surface area contributed by atoms with Crippen molar-refractivity contribution in [3.63, 3.8) is 0 Å². The van der Waals surface area contributed by atoms with Crippen LogP contribution in [0.5, 0.6) is 0 Å². The zero-order valence-electron chi connectivity index (χ0n) is 33.0. The van der Waals surface area contributed by atoms with Gasteiger partial charge < -0.3 is 4.90 Å². The summed E-state index contributed by atoms with van der Waals surface area (Å²) in [5, 5.41) is 7.79. The third-order valence-electron chi connectivity index (χ3n) is 12.3. The Labute approximate surface area is 346 Å². The van der Waals surface area contributed by atoms with Gasteiger partial charge in [-0.15, -0.1) is 0 Å². The van der Waals surface area contributed by atoms with Crippen LogP contribution in [-0.4, -0.2) is 0 Å². The highest BCUT2D eigenvalue weighted by Gasteiger charge is 2.21. The molecule has 0 heterocycles. The van der Waals surface area contributed by atoms with Crippen molar-refractivity contribution in [2.45, 2.75) is 25.7 Å². The van der Waals surface area contributed by atoms with Gasteiger partial charge in [0, 0.05) is 17.1 Å². The fraction of sp³-hybridized carbons (Fsp3) is 0.0690. The van der Waals surface area contributed by atoms with Gasteiger partial charge in [0.05, 0.1) is 0 Å². The van der Waals surface area contributed by atoms with Gasteiger partial charge in [0.1, 0.15) is 0 Å². The number of hydrogen-bond donors (Lipinski definition) is 0. The molecule has 1 heteroatoms. The predicted octanol–water partition coefficient (Wildman–Crippen LogP) is 16.0. The number of nitrogens with zero attached hydrogens (tertiary/aromatic N) is 1. The molecule has 0 amide bonds. The van der Waals surface area contributed by atoms with Crippen molar-refractivity contribution in [3.8, 4) is 33.4 Å². The summed E-state index contributed by atoms with van der Waals surface area (Å²) in [6, 6.07) is 69.4.